The van der Waals surface area contributed by atoms with E-state index in [4.69, 9.17) is 4.74 Å². The highest BCUT2D eigenvalue weighted by Gasteiger charge is 1.93. The van der Waals surface area contributed by atoms with Gasteiger partial charge in [0.05, 0.1) is 6.61 Å². The van der Waals surface area contributed by atoms with Crippen LogP contribution in [0.15, 0.2) is 12.7 Å². The highest BCUT2D eigenvalue weighted by Crippen LogP contribution is 1.85. The lowest BCUT2D eigenvalue weighted by Crippen LogP contribution is -2.09. The molecule has 0 saturated carbocycles. The maximum atomic E-state index is 10.3. The first-order valence-electron chi connectivity index (χ1n) is 4.99. The van der Waals surface area contributed by atoms with Crippen LogP contribution in [0.25, 0.3) is 0 Å². The van der Waals surface area contributed by atoms with Gasteiger partial charge in [0.2, 0.25) is 0 Å². The van der Waals surface area contributed by atoms with E-state index < -0.39 is 0 Å². The van der Waals surface area contributed by atoms with Crippen LogP contribution < -0.4 is 0 Å². The third kappa shape index (κ3) is 17.3. The summed E-state index contributed by atoms with van der Waals surface area (Å²) in [5.41, 5.74) is 0. The van der Waals surface area contributed by atoms with Crippen molar-refractivity contribution in [3.05, 3.63) is 12.7 Å². The molecule has 0 aromatic heterocycles. The van der Waals surface area contributed by atoms with Crippen molar-refractivity contribution in [3.63, 3.8) is 0 Å². The first kappa shape index (κ1) is 15.6. The fraction of sp³-hybridized carbons (Fsp3) is 0.727. The van der Waals surface area contributed by atoms with E-state index in [1.165, 1.54) is 0 Å². The summed E-state index contributed by atoms with van der Waals surface area (Å²) in [7, 11) is 4.03. The molecule has 0 aromatic carbocycles. The Hall–Kier alpha value is -0.830. The second kappa shape index (κ2) is 12.2. The van der Waals surface area contributed by atoms with Gasteiger partial charge in [0.15, 0.2) is 0 Å². The van der Waals surface area contributed by atoms with E-state index in [0.717, 1.165) is 13.0 Å². The van der Waals surface area contributed by atoms with Gasteiger partial charge in [0.1, 0.15) is 0 Å². The van der Waals surface area contributed by atoms with Gasteiger partial charge >= 0.3 is 5.97 Å². The topological polar surface area (TPSA) is 29.5 Å². The van der Waals surface area contributed by atoms with Crippen molar-refractivity contribution >= 4 is 5.97 Å². The molecule has 0 atom stereocenters. The molecule has 0 aromatic rings. The van der Waals surface area contributed by atoms with Gasteiger partial charge < -0.3 is 9.64 Å². The predicted octanol–water partition coefficient (Wildman–Crippen LogP) is 2.08. The Morgan fingerprint density at radius 2 is 2.00 bits per heavy atom. The van der Waals surface area contributed by atoms with Crippen molar-refractivity contribution in [2.24, 2.45) is 0 Å². The van der Waals surface area contributed by atoms with E-state index in [2.05, 4.69) is 11.5 Å². The third-order valence-electron chi connectivity index (χ3n) is 1.25. The molecule has 14 heavy (non-hydrogen) atoms. The number of likely N-dealkylation sites (N-methyl/N-ethyl adjacent to an activating group) is 1. The highest BCUT2D eigenvalue weighted by molar-refractivity contribution is 5.68. The van der Waals surface area contributed by atoms with Crippen molar-refractivity contribution in [1.29, 1.82) is 0 Å². The molecule has 0 unspecified atom stereocenters. The molecule has 0 radical (unpaired) electrons. The Morgan fingerprint density at radius 1 is 1.43 bits per heavy atom. The Kier molecular flexibility index (Phi) is 13.6. The third-order valence-corrected chi connectivity index (χ3v) is 1.25. The zero-order chi connectivity index (χ0) is 11.4. The molecule has 0 rings (SSSR count). The maximum Gasteiger partial charge on any atom is 0.305 e. The highest BCUT2D eigenvalue weighted by atomic mass is 16.5. The van der Waals surface area contributed by atoms with E-state index in [-0.39, 0.29) is 5.97 Å². The zero-order valence-electron chi connectivity index (χ0n) is 9.88. The van der Waals surface area contributed by atoms with Crippen molar-refractivity contribution < 1.29 is 9.53 Å². The number of esters is 1. The molecule has 0 fully saturated rings. The molecule has 3 heteroatoms. The molecule has 0 aliphatic carbocycles. The standard InChI is InChI=1S/C6H12O2.C5H11N/c1-3-5-8-6(7)4-2;1-4-5-6(2)3/h3-5H2,1-2H3;4H,1,5H2,2-3H3. The van der Waals surface area contributed by atoms with Crippen LogP contribution in [-0.4, -0.2) is 38.1 Å². The largest absolute Gasteiger partial charge is 0.466 e. The van der Waals surface area contributed by atoms with Crippen molar-refractivity contribution in [2.45, 2.75) is 26.7 Å². The minimum Gasteiger partial charge on any atom is -0.466 e. The second-order valence-electron chi connectivity index (χ2n) is 3.12. The number of carbonyl (C=O) groups excluding carboxylic acids is 1. The van der Waals surface area contributed by atoms with Crippen LogP contribution in [0.1, 0.15) is 26.7 Å². The average Bonchev–Trinajstić information content (AvgIpc) is 2.15. The quantitative estimate of drug-likeness (QED) is 0.504. The Labute approximate surface area is 87.7 Å². The van der Waals surface area contributed by atoms with Crippen LogP contribution in [0.3, 0.4) is 0 Å². The lowest BCUT2D eigenvalue weighted by atomic mass is 10.5. The van der Waals surface area contributed by atoms with E-state index in [9.17, 15) is 4.79 Å². The molecule has 3 nitrogen and oxygen atoms in total. The second-order valence-corrected chi connectivity index (χ2v) is 3.12. The monoisotopic (exact) mass is 201 g/mol. The summed E-state index contributed by atoms with van der Waals surface area (Å²) in [5, 5.41) is 0. The number of ether oxygens (including phenoxy) is 1. The number of rotatable bonds is 5. The number of carbonyl (C=O) groups is 1. The van der Waals surface area contributed by atoms with Crippen LogP contribution >= 0.6 is 0 Å². The lowest BCUT2D eigenvalue weighted by Gasteiger charge is -2.01. The summed E-state index contributed by atoms with van der Waals surface area (Å²) in [6.07, 6.45) is 3.27. The van der Waals surface area contributed by atoms with Gasteiger partial charge in [0.25, 0.3) is 0 Å². The summed E-state index contributed by atoms with van der Waals surface area (Å²) in [4.78, 5) is 12.4. The fourth-order valence-electron chi connectivity index (χ4n) is 0.576. The average molecular weight is 201 g/mol. The normalized spacial score (nSPS) is 8.93. The molecule has 0 aliphatic heterocycles. The number of hydrogen-bond acceptors (Lipinski definition) is 3. The van der Waals surface area contributed by atoms with E-state index in [1.807, 2.05) is 27.1 Å². The van der Waals surface area contributed by atoms with Gasteiger partial charge in [-0.05, 0) is 20.5 Å². The zero-order valence-corrected chi connectivity index (χ0v) is 9.88. The van der Waals surface area contributed by atoms with Gasteiger partial charge in [-0.3, -0.25) is 4.79 Å². The SMILES string of the molecule is C=CCN(C)C.CCCOC(=O)CC. The molecule has 0 amide bonds. The predicted molar refractivity (Wildman–Crippen MR) is 60.3 cm³/mol. The molecular formula is C11H23NO2. The van der Waals surface area contributed by atoms with Gasteiger partial charge in [-0.2, -0.15) is 0 Å². The molecule has 0 spiro atoms. The van der Waals surface area contributed by atoms with Crippen molar-refractivity contribution in [3.8, 4) is 0 Å². The number of hydrogen-bond donors (Lipinski definition) is 0. The molecule has 84 valence electrons. The minimum atomic E-state index is -0.105. The van der Waals surface area contributed by atoms with Gasteiger partial charge in [-0.15, -0.1) is 6.58 Å². The Morgan fingerprint density at radius 3 is 2.21 bits per heavy atom. The molecule has 0 aliphatic rings. The number of nitrogens with zero attached hydrogens (tertiary/aromatic N) is 1. The van der Waals surface area contributed by atoms with Gasteiger partial charge in [-0.25, -0.2) is 0 Å². The summed E-state index contributed by atoms with van der Waals surface area (Å²) in [6.45, 7) is 8.86. The Bertz CT molecular complexity index is 144. The molecule has 0 N–H and O–H groups in total. The fourth-order valence-corrected chi connectivity index (χ4v) is 0.576. The lowest BCUT2D eigenvalue weighted by molar-refractivity contribution is -0.143. The van der Waals surface area contributed by atoms with Crippen LogP contribution in [0.4, 0.5) is 0 Å². The van der Waals surface area contributed by atoms with Gasteiger partial charge in [-0.1, -0.05) is 19.9 Å². The van der Waals surface area contributed by atoms with E-state index >= 15 is 0 Å². The van der Waals surface area contributed by atoms with Crippen LogP contribution in [-0.2, 0) is 9.53 Å². The first-order chi connectivity index (χ1) is 6.58. The van der Waals surface area contributed by atoms with Gasteiger partial charge in [0, 0.05) is 13.0 Å². The first-order valence-corrected chi connectivity index (χ1v) is 4.99. The minimum absolute atomic E-state index is 0.105. The smallest absolute Gasteiger partial charge is 0.305 e. The summed E-state index contributed by atoms with van der Waals surface area (Å²) >= 11 is 0. The maximum absolute atomic E-state index is 10.3. The van der Waals surface area contributed by atoms with Crippen molar-refractivity contribution in [1.82, 2.24) is 4.90 Å². The van der Waals surface area contributed by atoms with E-state index in [1.54, 1.807) is 6.92 Å². The van der Waals surface area contributed by atoms with Crippen LogP contribution in [0.5, 0.6) is 0 Å². The summed E-state index contributed by atoms with van der Waals surface area (Å²) in [6, 6.07) is 0. The molecule has 0 saturated heterocycles. The molecule has 0 bridgehead atoms. The molecular weight excluding hydrogens is 178 g/mol. The summed E-state index contributed by atoms with van der Waals surface area (Å²) in [5.74, 6) is -0.105. The Balaban J connectivity index is 0. The summed E-state index contributed by atoms with van der Waals surface area (Å²) < 4.78 is 4.70. The van der Waals surface area contributed by atoms with Crippen molar-refractivity contribution in [2.75, 3.05) is 27.2 Å². The molecule has 0 heterocycles. The van der Waals surface area contributed by atoms with E-state index in [0.29, 0.717) is 13.0 Å². The van der Waals surface area contributed by atoms with Crippen LogP contribution in [0, 0.1) is 0 Å². The van der Waals surface area contributed by atoms with Crippen LogP contribution in [0.2, 0.25) is 0 Å².